The Hall–Kier alpha value is -2.01. The average Bonchev–Trinajstić information content (AvgIpc) is 2.41. The largest absolute Gasteiger partial charge is 0.416 e. The maximum atomic E-state index is 12.6. The van der Waals surface area contributed by atoms with Crippen LogP contribution >= 0.6 is 11.6 Å². The summed E-state index contributed by atoms with van der Waals surface area (Å²) in [6.45, 7) is 0. The van der Waals surface area contributed by atoms with Gasteiger partial charge in [0.2, 0.25) is 0 Å². The van der Waals surface area contributed by atoms with Gasteiger partial charge in [-0.3, -0.25) is 4.79 Å². The molecule has 0 atom stereocenters. The first kappa shape index (κ1) is 15.4. The molecule has 6 heteroatoms. The molecule has 2 nitrogen and oxygen atoms in total. The number of Topliss-reactive ketones (excluding diaryl/α,β-unsaturated/α-hetero) is 1. The van der Waals surface area contributed by atoms with E-state index in [0.717, 1.165) is 12.1 Å². The van der Waals surface area contributed by atoms with Gasteiger partial charge < -0.3 is 5.73 Å². The van der Waals surface area contributed by atoms with Crippen molar-refractivity contribution in [1.82, 2.24) is 0 Å². The van der Waals surface area contributed by atoms with Crippen LogP contribution in [0.1, 0.15) is 21.5 Å². The Morgan fingerprint density at radius 3 is 2.48 bits per heavy atom. The summed E-state index contributed by atoms with van der Waals surface area (Å²) in [7, 11) is 0. The third-order valence-corrected chi connectivity index (χ3v) is 3.28. The third kappa shape index (κ3) is 3.76. The summed E-state index contributed by atoms with van der Waals surface area (Å²) >= 11 is 5.76. The molecule has 0 aliphatic carbocycles. The standard InChI is InChI=1S/C15H11ClF3NO/c16-12-5-4-10(8-13(12)20)14(21)7-9-2-1-3-11(6-9)15(17,18)19/h1-6,8H,7,20H2. The number of nitrogens with two attached hydrogens (primary N) is 1. The highest BCUT2D eigenvalue weighted by molar-refractivity contribution is 6.33. The summed E-state index contributed by atoms with van der Waals surface area (Å²) in [6, 6.07) is 9.09. The zero-order chi connectivity index (χ0) is 15.6. The lowest BCUT2D eigenvalue weighted by atomic mass is 10.0. The Balaban J connectivity index is 2.21. The van der Waals surface area contributed by atoms with E-state index >= 15 is 0 Å². The van der Waals surface area contributed by atoms with Gasteiger partial charge in [0.1, 0.15) is 0 Å². The van der Waals surface area contributed by atoms with Crippen molar-refractivity contribution in [3.63, 3.8) is 0 Å². The molecule has 0 saturated carbocycles. The Morgan fingerprint density at radius 1 is 1.14 bits per heavy atom. The third-order valence-electron chi connectivity index (χ3n) is 2.94. The minimum atomic E-state index is -4.43. The van der Waals surface area contributed by atoms with Gasteiger partial charge in [-0.15, -0.1) is 0 Å². The van der Waals surface area contributed by atoms with Gasteiger partial charge in [-0.05, 0) is 29.8 Å². The molecule has 0 aliphatic rings. The number of anilines is 1. The number of nitrogen functional groups attached to an aromatic ring is 1. The van der Waals surface area contributed by atoms with Crippen LogP contribution in [0.25, 0.3) is 0 Å². The molecule has 0 fully saturated rings. The minimum Gasteiger partial charge on any atom is -0.398 e. The monoisotopic (exact) mass is 313 g/mol. The first-order chi connectivity index (χ1) is 9.77. The van der Waals surface area contributed by atoms with Gasteiger partial charge in [-0.25, -0.2) is 0 Å². The molecule has 110 valence electrons. The SMILES string of the molecule is Nc1cc(C(=O)Cc2cccc(C(F)(F)F)c2)ccc1Cl. The lowest BCUT2D eigenvalue weighted by Gasteiger charge is -2.09. The van der Waals surface area contributed by atoms with Gasteiger partial charge in [0, 0.05) is 12.0 Å². The number of ketones is 1. The van der Waals surface area contributed by atoms with Crippen molar-refractivity contribution in [2.45, 2.75) is 12.6 Å². The van der Waals surface area contributed by atoms with E-state index in [9.17, 15) is 18.0 Å². The van der Waals surface area contributed by atoms with Crippen LogP contribution in [0.2, 0.25) is 5.02 Å². The number of hydrogen-bond donors (Lipinski definition) is 1. The Kier molecular flexibility index (Phi) is 4.23. The maximum absolute atomic E-state index is 12.6. The quantitative estimate of drug-likeness (QED) is 0.675. The average molecular weight is 314 g/mol. The van der Waals surface area contributed by atoms with E-state index in [1.54, 1.807) is 0 Å². The zero-order valence-electron chi connectivity index (χ0n) is 10.7. The van der Waals surface area contributed by atoms with Crippen LogP contribution in [0, 0.1) is 0 Å². The second kappa shape index (κ2) is 5.77. The summed E-state index contributed by atoms with van der Waals surface area (Å²) in [5, 5.41) is 0.325. The van der Waals surface area contributed by atoms with Crippen LogP contribution in [0.4, 0.5) is 18.9 Å². The second-order valence-corrected chi connectivity index (χ2v) is 4.94. The Bertz CT molecular complexity index is 683. The first-order valence-electron chi connectivity index (χ1n) is 6.02. The van der Waals surface area contributed by atoms with E-state index in [4.69, 9.17) is 17.3 Å². The van der Waals surface area contributed by atoms with Gasteiger partial charge in [-0.1, -0.05) is 29.8 Å². The van der Waals surface area contributed by atoms with Gasteiger partial charge in [0.05, 0.1) is 16.3 Å². The first-order valence-corrected chi connectivity index (χ1v) is 6.39. The summed E-state index contributed by atoms with van der Waals surface area (Å²) in [5.41, 5.74) is 5.69. The molecule has 21 heavy (non-hydrogen) atoms. The Morgan fingerprint density at radius 2 is 1.86 bits per heavy atom. The summed E-state index contributed by atoms with van der Waals surface area (Å²) in [6.07, 6.45) is -4.56. The summed E-state index contributed by atoms with van der Waals surface area (Å²) < 4.78 is 37.8. The molecular weight excluding hydrogens is 303 g/mol. The molecule has 0 aromatic heterocycles. The number of hydrogen-bond acceptors (Lipinski definition) is 2. The van der Waals surface area contributed by atoms with Crippen LogP contribution in [0.3, 0.4) is 0 Å². The minimum absolute atomic E-state index is 0.134. The van der Waals surface area contributed by atoms with Crippen molar-refractivity contribution in [2.75, 3.05) is 5.73 Å². The molecule has 0 radical (unpaired) electrons. The van der Waals surface area contributed by atoms with E-state index in [-0.39, 0.29) is 17.9 Å². The lowest BCUT2D eigenvalue weighted by molar-refractivity contribution is -0.137. The fourth-order valence-electron chi connectivity index (χ4n) is 1.86. The van der Waals surface area contributed by atoms with Crippen molar-refractivity contribution in [3.8, 4) is 0 Å². The van der Waals surface area contributed by atoms with E-state index in [2.05, 4.69) is 0 Å². The van der Waals surface area contributed by atoms with Crippen molar-refractivity contribution < 1.29 is 18.0 Å². The van der Waals surface area contributed by atoms with Crippen LogP contribution in [-0.4, -0.2) is 5.78 Å². The normalized spacial score (nSPS) is 11.4. The highest BCUT2D eigenvalue weighted by Crippen LogP contribution is 2.30. The number of alkyl halides is 3. The fourth-order valence-corrected chi connectivity index (χ4v) is 1.98. The molecule has 0 amide bonds. The summed E-state index contributed by atoms with van der Waals surface area (Å²) in [4.78, 5) is 12.1. The topological polar surface area (TPSA) is 43.1 Å². The van der Waals surface area contributed by atoms with Crippen molar-refractivity contribution in [3.05, 3.63) is 64.2 Å². The highest BCUT2D eigenvalue weighted by atomic mass is 35.5. The lowest BCUT2D eigenvalue weighted by Crippen LogP contribution is -2.08. The zero-order valence-corrected chi connectivity index (χ0v) is 11.5. The van der Waals surface area contributed by atoms with Gasteiger partial charge in [0.15, 0.2) is 5.78 Å². The van der Waals surface area contributed by atoms with E-state index < -0.39 is 11.7 Å². The molecular formula is C15H11ClF3NO. The highest BCUT2D eigenvalue weighted by Gasteiger charge is 2.30. The van der Waals surface area contributed by atoms with Crippen molar-refractivity contribution in [1.29, 1.82) is 0 Å². The van der Waals surface area contributed by atoms with Gasteiger partial charge >= 0.3 is 6.18 Å². The number of carbonyl (C=O) groups is 1. The number of benzene rings is 2. The van der Waals surface area contributed by atoms with E-state index in [0.29, 0.717) is 16.1 Å². The van der Waals surface area contributed by atoms with Crippen molar-refractivity contribution in [2.24, 2.45) is 0 Å². The molecule has 2 rings (SSSR count). The summed E-state index contributed by atoms with van der Waals surface area (Å²) in [5.74, 6) is -0.322. The predicted octanol–water partition coefficient (Wildman–Crippen LogP) is 4.37. The predicted molar refractivity (Wildman–Crippen MR) is 75.3 cm³/mol. The van der Waals surface area contributed by atoms with Crippen LogP contribution in [-0.2, 0) is 12.6 Å². The smallest absolute Gasteiger partial charge is 0.398 e. The van der Waals surface area contributed by atoms with Gasteiger partial charge in [0.25, 0.3) is 0 Å². The van der Waals surface area contributed by atoms with Crippen LogP contribution in [0.5, 0.6) is 0 Å². The fraction of sp³-hybridized carbons (Fsp3) is 0.133. The molecule has 2 N–H and O–H groups in total. The Labute approximate surface area is 124 Å². The van der Waals surface area contributed by atoms with Crippen LogP contribution < -0.4 is 5.73 Å². The van der Waals surface area contributed by atoms with Crippen molar-refractivity contribution >= 4 is 23.1 Å². The van der Waals surface area contributed by atoms with Gasteiger partial charge in [-0.2, -0.15) is 13.2 Å². The molecule has 0 spiro atoms. The molecule has 0 unspecified atom stereocenters. The molecule has 0 bridgehead atoms. The second-order valence-electron chi connectivity index (χ2n) is 4.53. The van der Waals surface area contributed by atoms with E-state index in [1.165, 1.54) is 30.3 Å². The number of halogens is 4. The molecule has 0 saturated heterocycles. The number of rotatable bonds is 3. The molecule has 0 aliphatic heterocycles. The van der Waals surface area contributed by atoms with Crippen LogP contribution in [0.15, 0.2) is 42.5 Å². The maximum Gasteiger partial charge on any atom is 0.416 e. The van der Waals surface area contributed by atoms with E-state index in [1.807, 2.05) is 0 Å². The molecule has 0 heterocycles. The molecule has 2 aromatic carbocycles. The molecule has 2 aromatic rings. The number of carbonyl (C=O) groups excluding carboxylic acids is 1.